The summed E-state index contributed by atoms with van der Waals surface area (Å²) in [5.41, 5.74) is 10.7. The molecule has 3 saturated heterocycles. The smallest absolute Gasteiger partial charge is 0.253 e. The van der Waals surface area contributed by atoms with Crippen LogP contribution in [0.25, 0.3) is 10.9 Å². The van der Waals surface area contributed by atoms with Crippen LogP contribution in [0.1, 0.15) is 66.7 Å². The molecule has 6 heterocycles. The lowest BCUT2D eigenvalue weighted by Gasteiger charge is -2.39. The number of nitriles is 1. The minimum absolute atomic E-state index is 0.0413. The van der Waals surface area contributed by atoms with Crippen LogP contribution >= 0.6 is 0 Å². The topological polar surface area (TPSA) is 108 Å². The average molecular weight is 753 g/mol. The second-order valence-corrected chi connectivity index (χ2v) is 16.8. The van der Waals surface area contributed by atoms with Crippen LogP contribution in [0.3, 0.4) is 0 Å². The summed E-state index contributed by atoms with van der Waals surface area (Å²) in [5, 5.41) is 13.4. The Hall–Kier alpha value is -5.34. The summed E-state index contributed by atoms with van der Waals surface area (Å²) >= 11 is 0. The van der Waals surface area contributed by atoms with Gasteiger partial charge in [0.15, 0.2) is 0 Å². The molecule has 0 radical (unpaired) electrons. The number of imide groups is 1. The van der Waals surface area contributed by atoms with Crippen molar-refractivity contribution in [3.63, 3.8) is 0 Å². The normalized spacial score (nSPS) is 21.0. The summed E-state index contributed by atoms with van der Waals surface area (Å²) < 4.78 is 1.82. The number of pyridine rings is 1. The number of anilines is 5. The molecule has 2 amide bonds. The molecule has 9 rings (SSSR count). The second-order valence-electron chi connectivity index (χ2n) is 16.8. The molecule has 3 fully saturated rings. The summed E-state index contributed by atoms with van der Waals surface area (Å²) in [6, 6.07) is 21.5. The fourth-order valence-corrected chi connectivity index (χ4v) is 10.2. The molecule has 3 aromatic carbocycles. The van der Waals surface area contributed by atoms with Crippen molar-refractivity contribution in [2.45, 2.75) is 63.8 Å². The van der Waals surface area contributed by atoms with Gasteiger partial charge in [0.1, 0.15) is 6.04 Å². The van der Waals surface area contributed by atoms with E-state index in [1.807, 2.05) is 30.7 Å². The Kier molecular flexibility index (Phi) is 9.48. The molecule has 5 aliphatic rings. The van der Waals surface area contributed by atoms with Crippen LogP contribution < -0.4 is 30.5 Å². The molecule has 1 atom stereocenters. The third kappa shape index (κ3) is 6.57. The first-order chi connectivity index (χ1) is 27.1. The first kappa shape index (κ1) is 36.3. The van der Waals surface area contributed by atoms with E-state index < -0.39 is 0 Å². The van der Waals surface area contributed by atoms with E-state index in [0.717, 1.165) is 111 Å². The zero-order valence-electron chi connectivity index (χ0n) is 32.9. The maximum atomic E-state index is 13.2. The number of benzene rings is 3. The van der Waals surface area contributed by atoms with Gasteiger partial charge in [-0.25, -0.2) is 0 Å². The van der Waals surface area contributed by atoms with Crippen molar-refractivity contribution in [2.24, 2.45) is 13.0 Å². The number of hydrogen-bond donors (Lipinski definition) is 1. The van der Waals surface area contributed by atoms with Crippen LogP contribution in [0.15, 0.2) is 59.4 Å². The van der Waals surface area contributed by atoms with Crippen LogP contribution in [0.2, 0.25) is 0 Å². The largest absolute Gasteiger partial charge is 0.372 e. The Bertz CT molecular complexity index is 2310. The molecule has 5 aliphatic heterocycles. The van der Waals surface area contributed by atoms with Crippen LogP contribution in [0.4, 0.5) is 28.4 Å². The van der Waals surface area contributed by atoms with Crippen LogP contribution in [-0.2, 0) is 23.1 Å². The second kappa shape index (κ2) is 14.6. The Balaban J connectivity index is 0.859. The zero-order valence-corrected chi connectivity index (χ0v) is 32.9. The average Bonchev–Trinajstić information content (AvgIpc) is 3.63. The number of nitrogens with one attached hydrogen (secondary N) is 1. The van der Waals surface area contributed by atoms with Crippen molar-refractivity contribution in [3.05, 3.63) is 87.2 Å². The van der Waals surface area contributed by atoms with E-state index in [2.05, 4.69) is 85.4 Å². The quantitative estimate of drug-likeness (QED) is 0.253. The van der Waals surface area contributed by atoms with Gasteiger partial charge in [0.2, 0.25) is 11.8 Å². The minimum atomic E-state index is -0.259. The summed E-state index contributed by atoms with van der Waals surface area (Å²) in [6.45, 7) is 9.78. The van der Waals surface area contributed by atoms with Gasteiger partial charge in [-0.3, -0.25) is 19.7 Å². The molecule has 1 aromatic heterocycles. The molecule has 11 heteroatoms. The molecule has 11 nitrogen and oxygen atoms in total. The number of carbonyl (C=O) groups is 2. The highest BCUT2D eigenvalue weighted by Gasteiger charge is 2.36. The fourth-order valence-electron chi connectivity index (χ4n) is 10.2. The SMILES string of the molecule is Cc1cc2c(N3CCN(C)c4ccc(C#N)cc43)cc(C3CCN(CC4CCN(c5ccc6c(c5)CCN6C5CCC(=O)NC5=O)CC4)CC3)cc2n(C)c1=O. The van der Waals surface area contributed by atoms with Crippen LogP contribution in [0.5, 0.6) is 0 Å². The standard InChI is InChI=1S/C45H52N8O3/c1-29-22-36-40(49(3)45(29)56)25-34(26-41(36)53-21-20-48(2)38-6-4-31(27-46)23-42(38)53)32-12-15-50(16-13-32)28-30-10-17-51(18-11-30)35-5-7-37-33(24-35)14-19-52(37)39-8-9-43(54)47-44(39)55/h4-7,22-26,30,32,39H,8-21,28H2,1-3H3,(H,47,54,55). The van der Waals surface area contributed by atoms with Crippen LogP contribution in [-0.4, -0.2) is 86.7 Å². The van der Waals surface area contributed by atoms with Gasteiger partial charge in [-0.05, 0) is 136 Å². The summed E-state index contributed by atoms with van der Waals surface area (Å²) in [4.78, 5) is 49.5. The van der Waals surface area contributed by atoms with E-state index in [4.69, 9.17) is 0 Å². The highest BCUT2D eigenvalue weighted by Crippen LogP contribution is 2.43. The maximum absolute atomic E-state index is 13.2. The molecule has 1 N–H and O–H groups in total. The Morgan fingerprint density at radius 2 is 1.55 bits per heavy atom. The molecule has 0 saturated carbocycles. The van der Waals surface area contributed by atoms with Crippen molar-refractivity contribution in [1.29, 1.82) is 5.26 Å². The lowest BCUT2D eigenvalue weighted by atomic mass is 9.87. The number of amides is 2. The molecule has 1 unspecified atom stereocenters. The Labute approximate surface area is 329 Å². The van der Waals surface area contributed by atoms with Crippen molar-refractivity contribution >= 4 is 51.2 Å². The molecule has 0 aliphatic carbocycles. The van der Waals surface area contributed by atoms with Gasteiger partial charge in [-0.1, -0.05) is 0 Å². The van der Waals surface area contributed by atoms with Gasteiger partial charge in [-0.15, -0.1) is 0 Å². The molecule has 290 valence electrons. The van der Waals surface area contributed by atoms with E-state index in [1.54, 1.807) is 0 Å². The highest BCUT2D eigenvalue weighted by atomic mass is 16.2. The van der Waals surface area contributed by atoms with Gasteiger partial charge < -0.3 is 29.1 Å². The Morgan fingerprint density at radius 3 is 2.32 bits per heavy atom. The number of likely N-dealkylation sites (tertiary alicyclic amines) is 1. The molecule has 0 spiro atoms. The van der Waals surface area contributed by atoms with Gasteiger partial charge >= 0.3 is 0 Å². The number of carbonyl (C=O) groups excluding carboxylic acids is 2. The number of aryl methyl sites for hydroxylation is 2. The minimum Gasteiger partial charge on any atom is -0.372 e. The molecular formula is C45H52N8O3. The van der Waals surface area contributed by atoms with E-state index in [0.29, 0.717) is 30.2 Å². The van der Waals surface area contributed by atoms with Crippen molar-refractivity contribution in [3.8, 4) is 6.07 Å². The lowest BCUT2D eigenvalue weighted by molar-refractivity contribution is -0.134. The number of fused-ring (bicyclic) bond motifs is 3. The number of aromatic nitrogens is 1. The highest BCUT2D eigenvalue weighted by molar-refractivity contribution is 6.02. The van der Waals surface area contributed by atoms with Gasteiger partial charge in [0.05, 0.1) is 34.2 Å². The number of piperidine rings is 3. The molecule has 0 bridgehead atoms. The Morgan fingerprint density at radius 1 is 0.768 bits per heavy atom. The van der Waals surface area contributed by atoms with E-state index >= 15 is 0 Å². The predicted octanol–water partition coefficient (Wildman–Crippen LogP) is 5.57. The number of rotatable bonds is 6. The number of likely N-dealkylation sites (N-methyl/N-ethyl adjacent to an activating group) is 1. The van der Waals surface area contributed by atoms with E-state index in [-0.39, 0.29) is 23.4 Å². The number of hydrogen-bond acceptors (Lipinski definition) is 9. The summed E-state index contributed by atoms with van der Waals surface area (Å²) in [5.74, 6) is 0.761. The van der Waals surface area contributed by atoms with Crippen molar-refractivity contribution in [2.75, 3.05) is 79.0 Å². The van der Waals surface area contributed by atoms with E-state index in [1.165, 1.54) is 29.7 Å². The first-order valence-electron chi connectivity index (χ1n) is 20.5. The molecule has 4 aromatic rings. The van der Waals surface area contributed by atoms with E-state index in [9.17, 15) is 19.6 Å². The van der Waals surface area contributed by atoms with Crippen LogP contribution in [0, 0.1) is 24.2 Å². The summed E-state index contributed by atoms with van der Waals surface area (Å²) in [7, 11) is 4.00. The predicted molar refractivity (Wildman–Crippen MR) is 222 cm³/mol. The van der Waals surface area contributed by atoms with Gasteiger partial charge in [0, 0.05) is 82.1 Å². The summed E-state index contributed by atoms with van der Waals surface area (Å²) in [6.07, 6.45) is 6.46. The number of nitrogens with zero attached hydrogens (tertiary/aromatic N) is 7. The van der Waals surface area contributed by atoms with Crippen molar-refractivity contribution < 1.29 is 9.59 Å². The molecule has 56 heavy (non-hydrogen) atoms. The van der Waals surface area contributed by atoms with Gasteiger partial charge in [-0.2, -0.15) is 5.26 Å². The first-order valence-corrected chi connectivity index (χ1v) is 20.5. The third-order valence-corrected chi connectivity index (χ3v) is 13.4. The maximum Gasteiger partial charge on any atom is 0.253 e. The zero-order chi connectivity index (χ0) is 38.7. The fraction of sp³-hybridized carbons (Fsp3) is 0.467. The molecular weight excluding hydrogens is 701 g/mol. The monoisotopic (exact) mass is 752 g/mol. The van der Waals surface area contributed by atoms with Gasteiger partial charge in [0.25, 0.3) is 5.56 Å². The van der Waals surface area contributed by atoms with Crippen molar-refractivity contribution in [1.82, 2.24) is 14.8 Å². The third-order valence-electron chi connectivity index (χ3n) is 13.4. The lowest BCUT2D eigenvalue weighted by Crippen LogP contribution is -2.52.